The molecule has 1 saturated heterocycles. The molecule has 0 N–H and O–H groups in total. The van der Waals surface area contributed by atoms with Gasteiger partial charge in [0.25, 0.3) is 0 Å². The van der Waals surface area contributed by atoms with Crippen LogP contribution in [0.25, 0.3) is 0 Å². The molecule has 136 valence electrons. The lowest BCUT2D eigenvalue weighted by molar-refractivity contribution is 0.0594. The summed E-state index contributed by atoms with van der Waals surface area (Å²) in [5.41, 5.74) is 1.96. The maximum absolute atomic E-state index is 14.5. The van der Waals surface area contributed by atoms with Crippen molar-refractivity contribution in [1.29, 1.82) is 0 Å². The van der Waals surface area contributed by atoms with Gasteiger partial charge in [0.1, 0.15) is 12.2 Å². The number of carbonyl (C=O) groups is 1. The molecule has 0 atom stereocenters. The van der Waals surface area contributed by atoms with Gasteiger partial charge in [-0.15, -0.1) is 0 Å². The Balaban J connectivity index is 1.67. The van der Waals surface area contributed by atoms with Crippen LogP contribution in [-0.4, -0.2) is 44.2 Å². The van der Waals surface area contributed by atoms with Gasteiger partial charge in [0.15, 0.2) is 5.82 Å². The Morgan fingerprint density at radius 2 is 1.92 bits per heavy atom. The number of pyridine rings is 1. The van der Waals surface area contributed by atoms with E-state index < -0.39 is 5.97 Å². The molecule has 2 aromatic rings. The van der Waals surface area contributed by atoms with Gasteiger partial charge in [0, 0.05) is 31.7 Å². The van der Waals surface area contributed by atoms with Crippen LogP contribution in [0.5, 0.6) is 0 Å². The molecule has 8 heteroatoms. The number of piperazine rings is 1. The summed E-state index contributed by atoms with van der Waals surface area (Å²) in [6, 6.07) is 8.48. The summed E-state index contributed by atoms with van der Waals surface area (Å²) < 4.78 is 19.1. The first-order valence-electron chi connectivity index (χ1n) is 8.25. The molecule has 0 spiro atoms. The number of hydrogen-bond acceptors (Lipinski definition) is 7. The van der Waals surface area contributed by atoms with E-state index in [9.17, 15) is 14.1 Å². The van der Waals surface area contributed by atoms with Gasteiger partial charge >= 0.3 is 5.97 Å². The third kappa shape index (κ3) is 3.63. The largest absolute Gasteiger partial charge is 0.464 e. The molecule has 1 aromatic carbocycles. The zero-order valence-corrected chi connectivity index (χ0v) is 14.4. The highest BCUT2D eigenvalue weighted by Crippen LogP contribution is 2.25. The molecule has 1 aliphatic rings. The fourth-order valence-electron chi connectivity index (χ4n) is 3.01. The van der Waals surface area contributed by atoms with Crippen molar-refractivity contribution in [3.8, 4) is 0 Å². The standard InChI is InChI=1S/C18H19FN4O3/c1-26-18(24)15-6-5-14(12-20-15)22-7-9-23(10-8-22)16-4-2-3-13(11-21-25)17(16)19/h2-6,12H,7-11H2,1H3. The Labute approximate surface area is 150 Å². The molecule has 3 rings (SSSR count). The van der Waals surface area contributed by atoms with E-state index in [0.29, 0.717) is 37.4 Å². The topological polar surface area (TPSA) is 75.1 Å². The zero-order valence-electron chi connectivity index (χ0n) is 14.4. The molecule has 1 aliphatic heterocycles. The highest BCUT2D eigenvalue weighted by Gasteiger charge is 2.21. The van der Waals surface area contributed by atoms with Gasteiger partial charge in [-0.3, -0.25) is 0 Å². The second-order valence-corrected chi connectivity index (χ2v) is 5.90. The molecular weight excluding hydrogens is 339 g/mol. The van der Waals surface area contributed by atoms with Crippen LogP contribution in [0.2, 0.25) is 0 Å². The predicted molar refractivity (Wildman–Crippen MR) is 95.9 cm³/mol. The maximum Gasteiger partial charge on any atom is 0.356 e. The number of nitroso groups, excluding NO2 is 1. The zero-order chi connectivity index (χ0) is 18.5. The van der Waals surface area contributed by atoms with Crippen molar-refractivity contribution in [2.45, 2.75) is 6.54 Å². The average Bonchev–Trinajstić information content (AvgIpc) is 2.69. The van der Waals surface area contributed by atoms with Crippen molar-refractivity contribution >= 4 is 17.3 Å². The SMILES string of the molecule is COC(=O)c1ccc(N2CCN(c3cccc(CN=O)c3F)CC2)cn1. The summed E-state index contributed by atoms with van der Waals surface area (Å²) >= 11 is 0. The number of nitrogens with zero attached hydrogens (tertiary/aromatic N) is 4. The molecule has 0 amide bonds. The molecule has 26 heavy (non-hydrogen) atoms. The van der Waals surface area contributed by atoms with Crippen LogP contribution < -0.4 is 9.80 Å². The lowest BCUT2D eigenvalue weighted by atomic mass is 10.1. The van der Waals surface area contributed by atoms with Gasteiger partial charge < -0.3 is 14.5 Å². The third-order valence-corrected chi connectivity index (χ3v) is 4.42. The number of anilines is 2. The summed E-state index contributed by atoms with van der Waals surface area (Å²) in [5.74, 6) is -0.855. The Morgan fingerprint density at radius 1 is 1.19 bits per heavy atom. The number of ether oxygens (including phenoxy) is 1. The van der Waals surface area contributed by atoms with Crippen LogP contribution in [0.4, 0.5) is 15.8 Å². The molecule has 7 nitrogen and oxygen atoms in total. The second-order valence-electron chi connectivity index (χ2n) is 5.90. The monoisotopic (exact) mass is 358 g/mol. The van der Waals surface area contributed by atoms with Crippen molar-refractivity contribution < 1.29 is 13.9 Å². The van der Waals surface area contributed by atoms with Gasteiger partial charge in [0.2, 0.25) is 0 Å². The smallest absolute Gasteiger partial charge is 0.356 e. The van der Waals surface area contributed by atoms with Crippen LogP contribution in [0.3, 0.4) is 0 Å². The summed E-state index contributed by atoms with van der Waals surface area (Å²) in [7, 11) is 1.32. The Kier molecular flexibility index (Phi) is 5.40. The molecule has 0 aliphatic carbocycles. The summed E-state index contributed by atoms with van der Waals surface area (Å²) in [6.45, 7) is 2.48. The molecule has 0 radical (unpaired) electrons. The van der Waals surface area contributed by atoms with Crippen LogP contribution in [0, 0.1) is 10.7 Å². The number of carbonyl (C=O) groups excluding carboxylic acids is 1. The predicted octanol–water partition coefficient (Wildman–Crippen LogP) is 2.60. The van der Waals surface area contributed by atoms with E-state index in [1.807, 2.05) is 11.0 Å². The minimum atomic E-state index is -0.471. The number of rotatable bonds is 5. The fraction of sp³-hybridized carbons (Fsp3) is 0.333. The van der Waals surface area contributed by atoms with Crippen molar-refractivity contribution in [1.82, 2.24) is 4.98 Å². The third-order valence-electron chi connectivity index (χ3n) is 4.42. The maximum atomic E-state index is 14.5. The van der Waals surface area contributed by atoms with E-state index in [4.69, 9.17) is 0 Å². The number of benzene rings is 1. The van der Waals surface area contributed by atoms with Gasteiger partial charge in [-0.25, -0.2) is 14.2 Å². The summed E-state index contributed by atoms with van der Waals surface area (Å²) in [4.78, 5) is 30.1. The number of methoxy groups -OCH3 is 1. The van der Waals surface area contributed by atoms with Crippen LogP contribution in [-0.2, 0) is 11.3 Å². The van der Waals surface area contributed by atoms with E-state index >= 15 is 0 Å². The first-order chi connectivity index (χ1) is 12.6. The van der Waals surface area contributed by atoms with Gasteiger partial charge in [-0.1, -0.05) is 17.3 Å². The minimum Gasteiger partial charge on any atom is -0.464 e. The lowest BCUT2D eigenvalue weighted by Gasteiger charge is -2.37. The van der Waals surface area contributed by atoms with Crippen LogP contribution in [0.15, 0.2) is 41.7 Å². The van der Waals surface area contributed by atoms with Crippen molar-refractivity contribution in [3.63, 3.8) is 0 Å². The lowest BCUT2D eigenvalue weighted by Crippen LogP contribution is -2.47. The molecule has 0 bridgehead atoms. The molecule has 1 aromatic heterocycles. The Morgan fingerprint density at radius 3 is 2.54 bits per heavy atom. The second kappa shape index (κ2) is 7.90. The number of aromatic nitrogens is 1. The first-order valence-corrected chi connectivity index (χ1v) is 8.25. The number of halogens is 1. The fourth-order valence-corrected chi connectivity index (χ4v) is 3.01. The molecule has 1 fully saturated rings. The van der Waals surface area contributed by atoms with E-state index in [0.717, 1.165) is 5.69 Å². The van der Waals surface area contributed by atoms with Crippen molar-refractivity contribution in [2.24, 2.45) is 5.18 Å². The molecule has 0 saturated carbocycles. The van der Waals surface area contributed by atoms with E-state index in [2.05, 4.69) is 19.8 Å². The van der Waals surface area contributed by atoms with E-state index in [1.54, 1.807) is 30.5 Å². The van der Waals surface area contributed by atoms with Gasteiger partial charge in [0.05, 0.1) is 24.7 Å². The van der Waals surface area contributed by atoms with Crippen LogP contribution in [0.1, 0.15) is 16.1 Å². The van der Waals surface area contributed by atoms with E-state index in [1.165, 1.54) is 7.11 Å². The quantitative estimate of drug-likeness (QED) is 0.604. The first kappa shape index (κ1) is 17.8. The average molecular weight is 358 g/mol. The highest BCUT2D eigenvalue weighted by atomic mass is 19.1. The number of esters is 1. The van der Waals surface area contributed by atoms with Gasteiger partial charge in [-0.05, 0) is 18.2 Å². The Bertz CT molecular complexity index is 790. The molecular formula is C18H19FN4O3. The summed E-state index contributed by atoms with van der Waals surface area (Å²) in [5, 5.41) is 2.77. The highest BCUT2D eigenvalue weighted by molar-refractivity contribution is 5.87. The minimum absolute atomic E-state index is 0.169. The van der Waals surface area contributed by atoms with Crippen LogP contribution >= 0.6 is 0 Å². The Hall–Kier alpha value is -3.03. The normalized spacial score (nSPS) is 14.2. The van der Waals surface area contributed by atoms with Gasteiger partial charge in [-0.2, -0.15) is 4.91 Å². The molecule has 0 unspecified atom stereocenters. The number of hydrogen-bond donors (Lipinski definition) is 0. The van der Waals surface area contributed by atoms with Crippen molar-refractivity contribution in [3.05, 3.63) is 58.5 Å². The van der Waals surface area contributed by atoms with Crippen molar-refractivity contribution in [2.75, 3.05) is 43.1 Å². The van der Waals surface area contributed by atoms with E-state index in [-0.39, 0.29) is 18.1 Å². The summed E-state index contributed by atoms with van der Waals surface area (Å²) in [6.07, 6.45) is 1.64. The molecule has 2 heterocycles.